The molecule has 4 heteroatoms. The van der Waals surface area contributed by atoms with Crippen molar-refractivity contribution < 1.29 is 13.9 Å². The summed E-state index contributed by atoms with van der Waals surface area (Å²) < 4.78 is 10.0. The second-order valence-corrected chi connectivity index (χ2v) is 3.80. The molecule has 0 saturated carbocycles. The zero-order valence-corrected chi connectivity index (χ0v) is 10.6. The summed E-state index contributed by atoms with van der Waals surface area (Å²) in [7, 11) is 1.36. The third kappa shape index (κ3) is 2.96. The van der Waals surface area contributed by atoms with E-state index in [9.17, 15) is 4.79 Å². The first-order valence-electron chi connectivity index (χ1n) is 4.50. The van der Waals surface area contributed by atoms with Gasteiger partial charge in [0.2, 0.25) is 0 Å². The third-order valence-electron chi connectivity index (χ3n) is 1.94. The maximum Gasteiger partial charge on any atom is 0.341 e. The molecular formula is C11H13BrO3. The Morgan fingerprint density at radius 2 is 2.33 bits per heavy atom. The van der Waals surface area contributed by atoms with Gasteiger partial charge in [0.1, 0.15) is 17.1 Å². The highest BCUT2D eigenvalue weighted by molar-refractivity contribution is 9.09. The molecule has 0 N–H and O–H groups in total. The fraction of sp³-hybridized carbons (Fsp3) is 0.364. The predicted molar refractivity (Wildman–Crippen MR) is 62.2 cm³/mol. The van der Waals surface area contributed by atoms with Gasteiger partial charge < -0.3 is 9.15 Å². The number of halogens is 1. The Bertz CT molecular complexity index is 391. The van der Waals surface area contributed by atoms with E-state index in [4.69, 9.17) is 4.42 Å². The summed E-state index contributed by atoms with van der Waals surface area (Å²) in [5.41, 5.74) is 1.60. The number of rotatable bonds is 3. The molecule has 0 fully saturated rings. The highest BCUT2D eigenvalue weighted by atomic mass is 79.9. The highest BCUT2D eigenvalue weighted by Crippen LogP contribution is 2.18. The van der Waals surface area contributed by atoms with E-state index < -0.39 is 0 Å². The Morgan fingerprint density at radius 3 is 2.87 bits per heavy atom. The van der Waals surface area contributed by atoms with Gasteiger partial charge in [0, 0.05) is 5.33 Å². The lowest BCUT2D eigenvalue weighted by molar-refractivity contribution is 0.0599. The number of furan rings is 1. The second-order valence-electron chi connectivity index (χ2n) is 3.23. The minimum absolute atomic E-state index is 0.368. The second kappa shape index (κ2) is 5.16. The lowest BCUT2D eigenvalue weighted by Gasteiger charge is -1.93. The summed E-state index contributed by atoms with van der Waals surface area (Å²) in [4.78, 5) is 11.3. The average Bonchev–Trinajstić information content (AvgIpc) is 2.58. The molecule has 3 nitrogen and oxygen atoms in total. The van der Waals surface area contributed by atoms with Gasteiger partial charge in [-0.2, -0.15) is 0 Å². The molecule has 0 amide bonds. The molecule has 0 bridgehead atoms. The van der Waals surface area contributed by atoms with E-state index in [0.717, 1.165) is 10.9 Å². The molecule has 1 aromatic rings. The van der Waals surface area contributed by atoms with Crippen LogP contribution in [0, 0.1) is 6.92 Å². The van der Waals surface area contributed by atoms with Gasteiger partial charge in [0.15, 0.2) is 0 Å². The summed E-state index contributed by atoms with van der Waals surface area (Å²) >= 11 is 3.34. The van der Waals surface area contributed by atoms with Crippen molar-refractivity contribution in [3.63, 3.8) is 0 Å². The Hall–Kier alpha value is -1.03. The number of aryl methyl sites for hydroxylation is 1. The molecule has 0 radical (unpaired) electrons. The molecule has 0 aromatic carbocycles. The van der Waals surface area contributed by atoms with Gasteiger partial charge in [-0.3, -0.25) is 0 Å². The number of allylic oxidation sites excluding steroid dienone is 1. The summed E-state index contributed by atoms with van der Waals surface area (Å²) in [5.74, 6) is 0.882. The topological polar surface area (TPSA) is 39.4 Å². The molecular weight excluding hydrogens is 260 g/mol. The van der Waals surface area contributed by atoms with Gasteiger partial charge in [-0.05, 0) is 26.0 Å². The van der Waals surface area contributed by atoms with Crippen LogP contribution >= 0.6 is 15.9 Å². The smallest absolute Gasteiger partial charge is 0.341 e. The van der Waals surface area contributed by atoms with Gasteiger partial charge in [-0.15, -0.1) is 0 Å². The number of alkyl halides is 1. The van der Waals surface area contributed by atoms with E-state index in [0.29, 0.717) is 17.1 Å². The number of hydrogen-bond donors (Lipinski definition) is 0. The Morgan fingerprint density at radius 1 is 1.67 bits per heavy atom. The molecule has 1 heterocycles. The average molecular weight is 273 g/mol. The van der Waals surface area contributed by atoms with Crippen molar-refractivity contribution in [2.75, 3.05) is 12.4 Å². The van der Waals surface area contributed by atoms with Crippen LogP contribution in [-0.4, -0.2) is 18.4 Å². The number of hydrogen-bond acceptors (Lipinski definition) is 3. The highest BCUT2D eigenvalue weighted by Gasteiger charge is 2.14. The van der Waals surface area contributed by atoms with Crippen molar-refractivity contribution in [2.24, 2.45) is 0 Å². The Balaban J connectivity index is 3.01. The maximum absolute atomic E-state index is 11.3. The fourth-order valence-corrected chi connectivity index (χ4v) is 1.33. The van der Waals surface area contributed by atoms with Crippen LogP contribution in [0.4, 0.5) is 0 Å². The van der Waals surface area contributed by atoms with Crippen LogP contribution in [0.15, 0.2) is 16.1 Å². The summed E-state index contributed by atoms with van der Waals surface area (Å²) in [6.07, 6.45) is 1.88. The standard InChI is InChI=1S/C11H13BrO3/c1-7(6-12)4-9-5-10(8(2)15-9)11(13)14-3/h4-5H,6H2,1-3H3. The van der Waals surface area contributed by atoms with Crippen molar-refractivity contribution in [2.45, 2.75) is 13.8 Å². The first-order valence-corrected chi connectivity index (χ1v) is 5.62. The van der Waals surface area contributed by atoms with E-state index >= 15 is 0 Å². The van der Waals surface area contributed by atoms with Crippen molar-refractivity contribution in [1.29, 1.82) is 0 Å². The monoisotopic (exact) mass is 272 g/mol. The van der Waals surface area contributed by atoms with Gasteiger partial charge in [-0.1, -0.05) is 21.5 Å². The Kier molecular flexibility index (Phi) is 4.15. The first-order chi connectivity index (χ1) is 7.08. The number of esters is 1. The molecule has 15 heavy (non-hydrogen) atoms. The van der Waals surface area contributed by atoms with E-state index in [2.05, 4.69) is 20.7 Å². The summed E-state index contributed by atoms with van der Waals surface area (Å²) in [6, 6.07) is 1.69. The Labute approximate surface area is 97.2 Å². The zero-order chi connectivity index (χ0) is 11.4. The van der Waals surface area contributed by atoms with Crippen LogP contribution < -0.4 is 0 Å². The van der Waals surface area contributed by atoms with Crippen LogP contribution in [0.2, 0.25) is 0 Å². The number of carbonyl (C=O) groups excluding carboxylic acids is 1. The molecule has 0 aliphatic rings. The predicted octanol–water partition coefficient (Wildman–Crippen LogP) is 3.17. The molecule has 1 rings (SSSR count). The summed E-state index contributed by atoms with van der Waals surface area (Å²) in [5, 5.41) is 0.778. The quantitative estimate of drug-likeness (QED) is 0.627. The molecule has 0 atom stereocenters. The lowest BCUT2D eigenvalue weighted by atomic mass is 10.2. The molecule has 0 aliphatic heterocycles. The van der Waals surface area contributed by atoms with Crippen LogP contribution in [0.1, 0.15) is 28.8 Å². The molecule has 1 aromatic heterocycles. The number of carbonyl (C=O) groups is 1. The SMILES string of the molecule is COC(=O)c1cc(C=C(C)CBr)oc1C. The van der Waals surface area contributed by atoms with Crippen LogP contribution in [-0.2, 0) is 4.74 Å². The zero-order valence-electron chi connectivity index (χ0n) is 8.96. The van der Waals surface area contributed by atoms with Gasteiger partial charge in [-0.25, -0.2) is 4.79 Å². The van der Waals surface area contributed by atoms with E-state index in [1.165, 1.54) is 7.11 Å². The molecule has 0 saturated heterocycles. The maximum atomic E-state index is 11.3. The van der Waals surface area contributed by atoms with Crippen molar-refractivity contribution in [3.8, 4) is 0 Å². The van der Waals surface area contributed by atoms with Crippen LogP contribution in [0.5, 0.6) is 0 Å². The van der Waals surface area contributed by atoms with Crippen LogP contribution in [0.3, 0.4) is 0 Å². The first kappa shape index (κ1) is 12.0. The third-order valence-corrected chi connectivity index (χ3v) is 2.83. The molecule has 0 spiro atoms. The normalized spacial score (nSPS) is 11.6. The minimum atomic E-state index is -0.368. The van der Waals surface area contributed by atoms with Crippen molar-refractivity contribution in [3.05, 3.63) is 28.7 Å². The van der Waals surface area contributed by atoms with Gasteiger partial charge in [0.05, 0.1) is 7.11 Å². The van der Waals surface area contributed by atoms with E-state index in [-0.39, 0.29) is 5.97 Å². The molecule has 82 valence electrons. The largest absolute Gasteiger partial charge is 0.465 e. The minimum Gasteiger partial charge on any atom is -0.465 e. The molecule has 0 unspecified atom stereocenters. The van der Waals surface area contributed by atoms with Gasteiger partial charge in [0.25, 0.3) is 0 Å². The van der Waals surface area contributed by atoms with Gasteiger partial charge >= 0.3 is 5.97 Å². The van der Waals surface area contributed by atoms with E-state index in [1.54, 1.807) is 13.0 Å². The number of ether oxygens (including phenoxy) is 1. The fourth-order valence-electron chi connectivity index (χ4n) is 1.17. The summed E-state index contributed by atoms with van der Waals surface area (Å²) in [6.45, 7) is 3.72. The number of methoxy groups -OCH3 is 1. The van der Waals surface area contributed by atoms with Crippen LogP contribution in [0.25, 0.3) is 6.08 Å². The lowest BCUT2D eigenvalue weighted by Crippen LogP contribution is -2.00. The molecule has 0 aliphatic carbocycles. The van der Waals surface area contributed by atoms with E-state index in [1.807, 2.05) is 13.0 Å². The van der Waals surface area contributed by atoms with Crippen molar-refractivity contribution >= 4 is 28.0 Å². The van der Waals surface area contributed by atoms with Crippen molar-refractivity contribution in [1.82, 2.24) is 0 Å².